The van der Waals surface area contributed by atoms with E-state index in [1.165, 1.54) is 12.1 Å². The van der Waals surface area contributed by atoms with Gasteiger partial charge in [-0.2, -0.15) is 0 Å². The summed E-state index contributed by atoms with van der Waals surface area (Å²) >= 11 is 11.7. The molecular weight excluding hydrogens is 313 g/mol. The Hall–Kier alpha value is -0.810. The van der Waals surface area contributed by atoms with Crippen LogP contribution in [0.4, 0.5) is 0 Å². The van der Waals surface area contributed by atoms with Crippen molar-refractivity contribution in [3.05, 3.63) is 33.8 Å². The first-order valence-electron chi connectivity index (χ1n) is 6.64. The van der Waals surface area contributed by atoms with Crippen molar-refractivity contribution >= 4 is 29.1 Å². The lowest BCUT2D eigenvalue weighted by Gasteiger charge is -2.27. The highest BCUT2D eigenvalue weighted by Crippen LogP contribution is 2.24. The zero-order valence-corrected chi connectivity index (χ0v) is 14.1. The number of aliphatic hydroxyl groups is 1. The number of carbonyl (C=O) groups excluding carboxylic acids is 1. The SMILES string of the molecule is COC(C)(C)CC(C)NC(=O)C(O)c1cc(Cl)cc(Cl)c1. The Balaban J connectivity index is 2.70. The third kappa shape index (κ3) is 5.83. The molecule has 1 aromatic carbocycles. The van der Waals surface area contributed by atoms with E-state index in [1.54, 1.807) is 13.2 Å². The van der Waals surface area contributed by atoms with Crippen LogP contribution in [0, 0.1) is 0 Å². The number of nitrogens with one attached hydrogen (secondary N) is 1. The number of halogens is 2. The van der Waals surface area contributed by atoms with E-state index in [0.29, 0.717) is 22.0 Å². The average molecular weight is 334 g/mol. The first-order chi connectivity index (χ1) is 9.64. The van der Waals surface area contributed by atoms with E-state index < -0.39 is 12.0 Å². The summed E-state index contributed by atoms with van der Waals surface area (Å²) in [5, 5.41) is 13.6. The first-order valence-corrected chi connectivity index (χ1v) is 7.40. The Labute approximate surface area is 135 Å². The van der Waals surface area contributed by atoms with Crippen molar-refractivity contribution in [2.24, 2.45) is 0 Å². The van der Waals surface area contributed by atoms with Gasteiger partial charge in [0.2, 0.25) is 0 Å². The van der Waals surface area contributed by atoms with Crippen molar-refractivity contribution in [2.75, 3.05) is 7.11 Å². The van der Waals surface area contributed by atoms with Crippen LogP contribution in [0.3, 0.4) is 0 Å². The van der Waals surface area contributed by atoms with E-state index >= 15 is 0 Å². The highest BCUT2D eigenvalue weighted by Gasteiger charge is 2.24. The van der Waals surface area contributed by atoms with Crippen molar-refractivity contribution in [1.29, 1.82) is 0 Å². The maximum absolute atomic E-state index is 12.1. The number of hydrogen-bond acceptors (Lipinski definition) is 3. The fourth-order valence-electron chi connectivity index (χ4n) is 2.08. The van der Waals surface area contributed by atoms with Gasteiger partial charge in [0.1, 0.15) is 0 Å². The lowest BCUT2D eigenvalue weighted by molar-refractivity contribution is -0.130. The van der Waals surface area contributed by atoms with Crippen LogP contribution >= 0.6 is 23.2 Å². The summed E-state index contributed by atoms with van der Waals surface area (Å²) in [6, 6.07) is 4.43. The molecule has 0 heterocycles. The molecule has 0 fully saturated rings. The van der Waals surface area contributed by atoms with E-state index in [2.05, 4.69) is 5.32 Å². The molecule has 4 nitrogen and oxygen atoms in total. The van der Waals surface area contributed by atoms with Crippen LogP contribution in [-0.2, 0) is 9.53 Å². The smallest absolute Gasteiger partial charge is 0.253 e. The molecule has 2 N–H and O–H groups in total. The minimum absolute atomic E-state index is 0.142. The summed E-state index contributed by atoms with van der Waals surface area (Å²) in [6.07, 6.45) is -0.688. The summed E-state index contributed by atoms with van der Waals surface area (Å²) < 4.78 is 5.32. The molecular formula is C15H21Cl2NO3. The van der Waals surface area contributed by atoms with Crippen molar-refractivity contribution in [3.63, 3.8) is 0 Å². The zero-order chi connectivity index (χ0) is 16.2. The van der Waals surface area contributed by atoms with Crippen molar-refractivity contribution in [3.8, 4) is 0 Å². The monoisotopic (exact) mass is 333 g/mol. The van der Waals surface area contributed by atoms with Gasteiger partial charge in [0.05, 0.1) is 5.60 Å². The molecule has 0 aliphatic heterocycles. The third-order valence-electron chi connectivity index (χ3n) is 3.19. The molecule has 2 unspecified atom stereocenters. The van der Waals surface area contributed by atoms with Gasteiger partial charge < -0.3 is 15.2 Å². The Morgan fingerprint density at radius 2 is 1.86 bits per heavy atom. The normalized spacial score (nSPS) is 14.6. The third-order valence-corrected chi connectivity index (χ3v) is 3.62. The molecule has 0 bridgehead atoms. The molecule has 0 aliphatic carbocycles. The van der Waals surface area contributed by atoms with Gasteiger partial charge in [0, 0.05) is 23.2 Å². The molecule has 0 aromatic heterocycles. The van der Waals surface area contributed by atoms with Gasteiger partial charge in [0.25, 0.3) is 5.91 Å². The maximum Gasteiger partial charge on any atom is 0.253 e. The lowest BCUT2D eigenvalue weighted by Crippen LogP contribution is -2.41. The van der Waals surface area contributed by atoms with E-state index in [-0.39, 0.29) is 11.6 Å². The molecule has 6 heteroatoms. The standard InChI is InChI=1S/C15H21Cl2NO3/c1-9(8-15(2,3)21-4)18-14(20)13(19)10-5-11(16)7-12(17)6-10/h5-7,9,13,19H,8H2,1-4H3,(H,18,20). The molecule has 1 aromatic rings. The van der Waals surface area contributed by atoms with Gasteiger partial charge >= 0.3 is 0 Å². The Bertz CT molecular complexity index is 485. The summed E-state index contributed by atoms with van der Waals surface area (Å²) in [5.41, 5.74) is 0.0139. The summed E-state index contributed by atoms with van der Waals surface area (Å²) in [6.45, 7) is 5.72. The summed E-state index contributed by atoms with van der Waals surface area (Å²) in [7, 11) is 1.62. The van der Waals surface area contributed by atoms with E-state index in [1.807, 2.05) is 20.8 Å². The first kappa shape index (κ1) is 18.2. The van der Waals surface area contributed by atoms with E-state index in [0.717, 1.165) is 0 Å². The number of rotatable bonds is 6. The summed E-state index contributed by atoms with van der Waals surface area (Å²) in [5.74, 6) is -0.493. The van der Waals surface area contributed by atoms with E-state index in [4.69, 9.17) is 27.9 Å². The highest BCUT2D eigenvalue weighted by molar-refractivity contribution is 6.34. The minimum Gasteiger partial charge on any atom is -0.379 e. The average Bonchev–Trinajstić information content (AvgIpc) is 2.35. The topological polar surface area (TPSA) is 58.6 Å². The summed E-state index contributed by atoms with van der Waals surface area (Å²) in [4.78, 5) is 12.1. The second-order valence-electron chi connectivity index (χ2n) is 5.68. The quantitative estimate of drug-likeness (QED) is 0.839. The molecule has 1 rings (SSSR count). The van der Waals surface area contributed by atoms with Crippen LogP contribution in [0.5, 0.6) is 0 Å². The predicted molar refractivity (Wildman–Crippen MR) is 84.7 cm³/mol. The van der Waals surface area contributed by atoms with Crippen LogP contribution in [0.2, 0.25) is 10.0 Å². The van der Waals surface area contributed by atoms with Gasteiger partial charge in [0.15, 0.2) is 6.10 Å². The predicted octanol–water partition coefficient (Wildman–Crippen LogP) is 3.35. The molecule has 2 atom stereocenters. The Morgan fingerprint density at radius 3 is 2.33 bits per heavy atom. The van der Waals surface area contributed by atoms with Crippen LogP contribution in [0.1, 0.15) is 38.9 Å². The molecule has 1 amide bonds. The van der Waals surface area contributed by atoms with Crippen LogP contribution in [-0.4, -0.2) is 29.8 Å². The van der Waals surface area contributed by atoms with Crippen LogP contribution in [0.25, 0.3) is 0 Å². The number of ether oxygens (including phenoxy) is 1. The maximum atomic E-state index is 12.1. The number of aliphatic hydroxyl groups excluding tert-OH is 1. The Kier molecular flexibility index (Phi) is 6.47. The molecule has 21 heavy (non-hydrogen) atoms. The number of hydrogen-bond donors (Lipinski definition) is 2. The van der Waals surface area contributed by atoms with Gasteiger partial charge in [-0.25, -0.2) is 0 Å². The van der Waals surface area contributed by atoms with Crippen LogP contribution < -0.4 is 5.32 Å². The minimum atomic E-state index is -1.31. The van der Waals surface area contributed by atoms with Crippen LogP contribution in [0.15, 0.2) is 18.2 Å². The van der Waals surface area contributed by atoms with Crippen molar-refractivity contribution < 1.29 is 14.6 Å². The largest absolute Gasteiger partial charge is 0.379 e. The molecule has 0 spiro atoms. The fourth-order valence-corrected chi connectivity index (χ4v) is 2.62. The molecule has 0 radical (unpaired) electrons. The highest BCUT2D eigenvalue weighted by atomic mass is 35.5. The van der Waals surface area contributed by atoms with E-state index in [9.17, 15) is 9.90 Å². The second-order valence-corrected chi connectivity index (χ2v) is 6.56. The lowest BCUT2D eigenvalue weighted by atomic mass is 9.99. The fraction of sp³-hybridized carbons (Fsp3) is 0.533. The molecule has 0 aliphatic rings. The zero-order valence-electron chi connectivity index (χ0n) is 12.6. The Morgan fingerprint density at radius 1 is 1.33 bits per heavy atom. The molecule has 118 valence electrons. The number of amides is 1. The second kappa shape index (κ2) is 7.45. The molecule has 0 saturated heterocycles. The number of methoxy groups -OCH3 is 1. The van der Waals surface area contributed by atoms with Crippen molar-refractivity contribution in [1.82, 2.24) is 5.32 Å². The molecule has 0 saturated carbocycles. The van der Waals surface area contributed by atoms with Gasteiger partial charge in [-0.15, -0.1) is 0 Å². The van der Waals surface area contributed by atoms with Gasteiger partial charge in [-0.3, -0.25) is 4.79 Å². The van der Waals surface area contributed by atoms with Gasteiger partial charge in [-0.1, -0.05) is 23.2 Å². The number of carbonyl (C=O) groups is 1. The van der Waals surface area contributed by atoms with Gasteiger partial charge in [-0.05, 0) is 51.0 Å². The number of benzene rings is 1. The van der Waals surface area contributed by atoms with Crippen molar-refractivity contribution in [2.45, 2.75) is 44.9 Å².